The molecule has 2 saturated heterocycles. The van der Waals surface area contributed by atoms with Crippen LogP contribution in [-0.2, 0) is 56.9 Å². The molecule has 76 heavy (non-hydrogen) atoms. The SMILES string of the molecule is CNCc1ccc(N2CCN(C)CC2)cc1.COc1cc(C)c(S(=O)(=O)N(C)CCOCC(=O)N(C)Cc2ccc(N3CCN(C)CC3)cc2)c(C)c1.COc1cc(C)c(S(=O)(=O)N(C)CCOCOC=O)c(C)c1.Cl. The van der Waals surface area contributed by atoms with Gasteiger partial charge in [0.1, 0.15) is 18.1 Å². The summed E-state index contributed by atoms with van der Waals surface area (Å²) in [6.45, 7) is 17.6. The number of sulfonamides is 2. The average Bonchev–Trinajstić information content (AvgIpc) is 3.38. The maximum Gasteiger partial charge on any atom is 0.295 e. The molecule has 0 spiro atoms. The average molecular weight is 1120 g/mol. The van der Waals surface area contributed by atoms with Gasteiger partial charge >= 0.3 is 0 Å². The maximum absolute atomic E-state index is 13.1. The Morgan fingerprint density at radius 1 is 0.618 bits per heavy atom. The molecule has 1 N–H and O–H groups in total. The number of benzene rings is 4. The maximum atomic E-state index is 13.1. The Morgan fingerprint density at radius 2 is 1.00 bits per heavy atom. The summed E-state index contributed by atoms with van der Waals surface area (Å²) >= 11 is 0. The van der Waals surface area contributed by atoms with Crippen molar-refractivity contribution >= 4 is 56.2 Å². The molecule has 0 bridgehead atoms. The molecule has 0 unspecified atom stereocenters. The fraction of sp³-hybridized carbons (Fsp3) is 0.519. The fourth-order valence-electron chi connectivity index (χ4n) is 8.55. The monoisotopic (exact) mass is 1120 g/mol. The largest absolute Gasteiger partial charge is 0.497 e. The minimum absolute atomic E-state index is 0. The first-order chi connectivity index (χ1) is 35.7. The Labute approximate surface area is 459 Å². The van der Waals surface area contributed by atoms with E-state index in [4.69, 9.17) is 18.9 Å². The molecule has 0 radical (unpaired) electrons. The number of aryl methyl sites for hydroxylation is 4. The van der Waals surface area contributed by atoms with Gasteiger partial charge in [0.05, 0.1) is 37.2 Å². The molecule has 424 valence electrons. The van der Waals surface area contributed by atoms with Crippen molar-refractivity contribution in [1.29, 1.82) is 0 Å². The minimum atomic E-state index is -3.70. The van der Waals surface area contributed by atoms with E-state index in [9.17, 15) is 26.4 Å². The number of hydrogen-bond donors (Lipinski definition) is 1. The van der Waals surface area contributed by atoms with Crippen LogP contribution >= 0.6 is 12.4 Å². The molecule has 0 atom stereocenters. The second kappa shape index (κ2) is 32.0. The second-order valence-electron chi connectivity index (χ2n) is 18.9. The molecule has 2 heterocycles. The molecule has 22 heteroatoms. The van der Waals surface area contributed by atoms with Gasteiger partial charge in [0.15, 0.2) is 6.79 Å². The summed E-state index contributed by atoms with van der Waals surface area (Å²) in [5.74, 6) is 1.08. The van der Waals surface area contributed by atoms with Crippen molar-refractivity contribution in [2.45, 2.75) is 50.6 Å². The number of nitrogens with zero attached hydrogens (tertiary/aromatic N) is 7. The van der Waals surface area contributed by atoms with Crippen LogP contribution in [0.15, 0.2) is 82.6 Å². The number of rotatable bonds is 23. The number of halogens is 1. The van der Waals surface area contributed by atoms with Gasteiger partial charge in [-0.15, -0.1) is 12.4 Å². The quantitative estimate of drug-likeness (QED) is 0.0593. The van der Waals surface area contributed by atoms with Gasteiger partial charge < -0.3 is 53.5 Å². The van der Waals surface area contributed by atoms with Gasteiger partial charge in [-0.05, 0) is 131 Å². The highest BCUT2D eigenvalue weighted by Crippen LogP contribution is 2.29. The molecule has 2 fully saturated rings. The Bertz CT molecular complexity index is 2590. The standard InChI is InChI=1S/C27H40N4O5S.C14H21NO6S.C13H21N3.ClH/c1-21-17-25(35-6)18-22(2)27(21)37(33,34)30(5)15-16-36-20-26(32)29(4)19-23-7-9-24(10-8-23)31-13-11-28(3)12-14-31;1-11-7-13(19-4)8-12(2)14(11)22(17,18)15(3)5-6-20-10-21-9-16;1-14-11-12-3-5-13(6-4-12)16-9-7-15(2)8-10-16;/h7-10,17-18H,11-16,19-20H2,1-6H3;7-9H,5-6,10H2,1-4H3;3-6,14H,7-11H2,1-2H3;1H. The van der Waals surface area contributed by atoms with E-state index in [-0.39, 0.29) is 74.3 Å². The third-order valence-electron chi connectivity index (χ3n) is 13.1. The zero-order valence-electron chi connectivity index (χ0n) is 46.7. The summed E-state index contributed by atoms with van der Waals surface area (Å²) in [5.41, 5.74) is 7.44. The number of methoxy groups -OCH3 is 2. The molecular weight excluding hydrogens is 1040 g/mol. The van der Waals surface area contributed by atoms with E-state index < -0.39 is 20.0 Å². The summed E-state index contributed by atoms with van der Waals surface area (Å²) in [7, 11) is 6.80. The lowest BCUT2D eigenvalue weighted by atomic mass is 10.1. The second-order valence-corrected chi connectivity index (χ2v) is 22.8. The molecule has 6 rings (SSSR count). The topological polar surface area (TPSA) is 183 Å². The zero-order valence-corrected chi connectivity index (χ0v) is 49.1. The van der Waals surface area contributed by atoms with Gasteiger partial charge in [-0.25, -0.2) is 16.8 Å². The normalized spacial score (nSPS) is 14.2. The van der Waals surface area contributed by atoms with Crippen LogP contribution in [0.5, 0.6) is 11.5 Å². The molecule has 2 aliphatic heterocycles. The Morgan fingerprint density at radius 3 is 1.37 bits per heavy atom. The zero-order chi connectivity index (χ0) is 55.3. The van der Waals surface area contributed by atoms with E-state index >= 15 is 0 Å². The van der Waals surface area contributed by atoms with E-state index in [0.717, 1.165) is 64.5 Å². The van der Waals surface area contributed by atoms with E-state index in [0.29, 0.717) is 40.3 Å². The first-order valence-corrected chi connectivity index (χ1v) is 27.9. The van der Waals surface area contributed by atoms with Crippen LogP contribution in [0.25, 0.3) is 0 Å². The highest BCUT2D eigenvalue weighted by molar-refractivity contribution is 7.89. The summed E-state index contributed by atoms with van der Waals surface area (Å²) in [5, 5.41) is 3.17. The van der Waals surface area contributed by atoms with Crippen molar-refractivity contribution in [3.8, 4) is 11.5 Å². The first-order valence-electron chi connectivity index (χ1n) is 25.0. The Balaban J connectivity index is 0.000000330. The van der Waals surface area contributed by atoms with E-state index in [1.807, 2.05) is 7.05 Å². The number of amides is 1. The number of likely N-dealkylation sites (N-methyl/N-ethyl adjacent to an activating group) is 5. The van der Waals surface area contributed by atoms with Gasteiger partial charge in [0.2, 0.25) is 26.0 Å². The third kappa shape index (κ3) is 19.4. The van der Waals surface area contributed by atoms with Crippen LogP contribution in [0.1, 0.15) is 33.4 Å². The fourth-order valence-corrected chi connectivity index (χ4v) is 11.7. The number of anilines is 2. The van der Waals surface area contributed by atoms with Crippen LogP contribution in [0.3, 0.4) is 0 Å². The molecule has 0 saturated carbocycles. The summed E-state index contributed by atoms with van der Waals surface area (Å²) in [6, 6.07) is 24.0. The Hall–Kier alpha value is -5.07. The first kappa shape index (κ1) is 65.2. The lowest BCUT2D eigenvalue weighted by Crippen LogP contribution is -2.44. The minimum Gasteiger partial charge on any atom is -0.497 e. The molecule has 0 aliphatic carbocycles. The summed E-state index contributed by atoms with van der Waals surface area (Å²) < 4.78 is 79.2. The number of nitrogens with one attached hydrogen (secondary N) is 1. The van der Waals surface area contributed by atoms with Crippen LogP contribution in [0.2, 0.25) is 0 Å². The van der Waals surface area contributed by atoms with E-state index in [1.165, 1.54) is 46.8 Å². The van der Waals surface area contributed by atoms with Gasteiger partial charge in [-0.2, -0.15) is 8.61 Å². The molecule has 19 nitrogen and oxygen atoms in total. The predicted octanol–water partition coefficient (Wildman–Crippen LogP) is 5.02. The van der Waals surface area contributed by atoms with Gasteiger partial charge in [-0.1, -0.05) is 24.3 Å². The number of hydrogen-bond acceptors (Lipinski definition) is 16. The predicted molar refractivity (Wildman–Crippen MR) is 302 cm³/mol. The van der Waals surface area contributed by atoms with Crippen LogP contribution in [-0.4, -0.2) is 201 Å². The summed E-state index contributed by atoms with van der Waals surface area (Å²) in [4.78, 5) is 34.2. The molecular formula is C54H83ClN8O11S2. The molecule has 1 amide bonds. The molecule has 0 aromatic heterocycles. The number of ether oxygens (including phenoxy) is 5. The Kier molecular flexibility index (Phi) is 27.4. The third-order valence-corrected chi connectivity index (χ3v) is 17.4. The van der Waals surface area contributed by atoms with Crippen molar-refractivity contribution < 1.29 is 50.1 Å². The van der Waals surface area contributed by atoms with Crippen molar-refractivity contribution in [2.75, 3.05) is 158 Å². The van der Waals surface area contributed by atoms with Gasteiger partial charge in [0, 0.05) is 111 Å². The van der Waals surface area contributed by atoms with Crippen LogP contribution in [0.4, 0.5) is 11.4 Å². The molecule has 4 aromatic rings. The highest BCUT2D eigenvalue weighted by atomic mass is 35.5. The van der Waals surface area contributed by atoms with E-state index in [1.54, 1.807) is 71.0 Å². The molecule has 2 aliphatic rings. The van der Waals surface area contributed by atoms with Crippen molar-refractivity contribution in [3.63, 3.8) is 0 Å². The smallest absolute Gasteiger partial charge is 0.295 e. The lowest BCUT2D eigenvalue weighted by molar-refractivity contribution is -0.140. The summed E-state index contributed by atoms with van der Waals surface area (Å²) in [6.07, 6.45) is 0. The van der Waals surface area contributed by atoms with Gasteiger partial charge in [-0.3, -0.25) is 9.59 Å². The van der Waals surface area contributed by atoms with Crippen molar-refractivity contribution in [2.24, 2.45) is 0 Å². The number of carbonyl (C=O) groups is 2. The highest BCUT2D eigenvalue weighted by Gasteiger charge is 2.27. The number of carbonyl (C=O) groups excluding carboxylic acids is 2. The van der Waals surface area contributed by atoms with Crippen LogP contribution in [0, 0.1) is 27.7 Å². The van der Waals surface area contributed by atoms with Crippen molar-refractivity contribution in [1.82, 2.24) is 28.6 Å². The number of piperazine rings is 2. The van der Waals surface area contributed by atoms with Crippen LogP contribution < -0.4 is 24.6 Å². The van der Waals surface area contributed by atoms with E-state index in [2.05, 4.69) is 92.3 Å². The van der Waals surface area contributed by atoms with Gasteiger partial charge in [0.25, 0.3) is 6.47 Å². The molecule has 4 aromatic carbocycles. The lowest BCUT2D eigenvalue weighted by Gasteiger charge is -2.34. The van der Waals surface area contributed by atoms with Crippen molar-refractivity contribution in [3.05, 3.63) is 106 Å².